The van der Waals surface area contributed by atoms with E-state index in [0.29, 0.717) is 30.8 Å². The lowest BCUT2D eigenvalue weighted by Crippen LogP contribution is -2.58. The van der Waals surface area contributed by atoms with E-state index in [1.165, 1.54) is 6.07 Å². The molecule has 2 N–H and O–H groups in total. The molecule has 0 unspecified atom stereocenters. The number of hydrogen-bond donors (Lipinski definition) is 2. The summed E-state index contributed by atoms with van der Waals surface area (Å²) < 4.78 is 19.5. The maximum atomic E-state index is 13.6. The highest BCUT2D eigenvalue weighted by atomic mass is 19.1. The normalized spacial score (nSPS) is 23.0. The van der Waals surface area contributed by atoms with Gasteiger partial charge < -0.3 is 15.2 Å². The van der Waals surface area contributed by atoms with Gasteiger partial charge in [0, 0.05) is 24.3 Å². The van der Waals surface area contributed by atoms with Crippen molar-refractivity contribution in [2.24, 2.45) is 0 Å². The molecule has 1 saturated heterocycles. The van der Waals surface area contributed by atoms with Crippen LogP contribution in [0.1, 0.15) is 18.9 Å². The summed E-state index contributed by atoms with van der Waals surface area (Å²) >= 11 is 0. The van der Waals surface area contributed by atoms with Crippen molar-refractivity contribution in [3.05, 3.63) is 59.9 Å². The third-order valence-corrected chi connectivity index (χ3v) is 4.88. The van der Waals surface area contributed by atoms with Crippen LogP contribution >= 0.6 is 0 Å². The van der Waals surface area contributed by atoms with Crippen LogP contribution in [0.4, 0.5) is 10.1 Å². The molecule has 1 aliphatic rings. The molecule has 0 spiro atoms. The molecule has 0 saturated carbocycles. The Morgan fingerprint density at radius 1 is 1.30 bits per heavy atom. The van der Waals surface area contributed by atoms with Crippen LogP contribution in [0, 0.1) is 12.7 Å². The smallest absolute Gasteiger partial charge is 0.238 e. The van der Waals surface area contributed by atoms with Gasteiger partial charge in [-0.3, -0.25) is 9.69 Å². The molecule has 0 aliphatic carbocycles. The minimum absolute atomic E-state index is 0.129. The number of β-amino-alcohol motifs (C(OH)–C–C–N with tert-alkyl or cyclic N) is 1. The molecule has 1 fully saturated rings. The van der Waals surface area contributed by atoms with Crippen molar-refractivity contribution in [3.8, 4) is 5.75 Å². The Balaban J connectivity index is 1.57. The predicted octanol–water partition coefficient (Wildman–Crippen LogP) is 2.98. The first-order chi connectivity index (χ1) is 12.8. The lowest BCUT2D eigenvalue weighted by Gasteiger charge is -2.42. The van der Waals surface area contributed by atoms with Gasteiger partial charge in [0.25, 0.3) is 0 Å². The summed E-state index contributed by atoms with van der Waals surface area (Å²) in [5, 5.41) is 13.5. The number of amides is 1. The van der Waals surface area contributed by atoms with Gasteiger partial charge in [-0.25, -0.2) is 4.39 Å². The van der Waals surface area contributed by atoms with Gasteiger partial charge in [0.15, 0.2) is 0 Å². The number of nitrogens with zero attached hydrogens (tertiary/aromatic N) is 1. The molecular formula is C21H25FN2O3. The number of nitrogens with one attached hydrogen (secondary N) is 1. The largest absolute Gasteiger partial charge is 0.487 e. The Morgan fingerprint density at radius 3 is 2.74 bits per heavy atom. The Labute approximate surface area is 158 Å². The van der Waals surface area contributed by atoms with Gasteiger partial charge in [-0.1, -0.05) is 24.3 Å². The zero-order valence-corrected chi connectivity index (χ0v) is 15.6. The van der Waals surface area contributed by atoms with Gasteiger partial charge in [0.05, 0.1) is 6.54 Å². The lowest BCUT2D eigenvalue weighted by molar-refractivity contribution is -0.123. The molecule has 1 heterocycles. The van der Waals surface area contributed by atoms with E-state index in [4.69, 9.17) is 4.74 Å². The summed E-state index contributed by atoms with van der Waals surface area (Å²) in [6.07, 6.45) is 0.262. The van der Waals surface area contributed by atoms with E-state index in [1.807, 2.05) is 35.2 Å². The highest BCUT2D eigenvalue weighted by molar-refractivity contribution is 5.93. The number of piperidine rings is 1. The third kappa shape index (κ3) is 4.84. The van der Waals surface area contributed by atoms with E-state index in [-0.39, 0.29) is 24.4 Å². The molecule has 0 radical (unpaired) electrons. The molecule has 2 aromatic carbocycles. The second-order valence-electron chi connectivity index (χ2n) is 7.24. The quantitative estimate of drug-likeness (QED) is 0.847. The highest BCUT2D eigenvalue weighted by Crippen LogP contribution is 2.26. The summed E-state index contributed by atoms with van der Waals surface area (Å²) in [6, 6.07) is 14.0. The van der Waals surface area contributed by atoms with Gasteiger partial charge in [-0.2, -0.15) is 0 Å². The van der Waals surface area contributed by atoms with E-state index in [2.05, 4.69) is 5.32 Å². The van der Waals surface area contributed by atoms with Crippen LogP contribution in [0.15, 0.2) is 48.5 Å². The third-order valence-electron chi connectivity index (χ3n) is 4.88. The topological polar surface area (TPSA) is 61.8 Å². The molecule has 27 heavy (non-hydrogen) atoms. The zero-order valence-electron chi connectivity index (χ0n) is 15.6. The molecule has 5 nitrogen and oxygen atoms in total. The molecule has 1 aliphatic heterocycles. The lowest BCUT2D eigenvalue weighted by atomic mass is 9.91. The number of carbonyl (C=O) groups is 1. The zero-order chi connectivity index (χ0) is 19.4. The minimum Gasteiger partial charge on any atom is -0.487 e. The fourth-order valence-corrected chi connectivity index (χ4v) is 3.36. The number of halogens is 1. The van der Waals surface area contributed by atoms with Crippen LogP contribution in [0.2, 0.25) is 0 Å². The van der Waals surface area contributed by atoms with Crippen LogP contribution in [0.5, 0.6) is 5.75 Å². The maximum Gasteiger partial charge on any atom is 0.238 e. The van der Waals surface area contributed by atoms with E-state index in [9.17, 15) is 14.3 Å². The first kappa shape index (κ1) is 19.3. The first-order valence-corrected chi connectivity index (χ1v) is 9.06. The van der Waals surface area contributed by atoms with Gasteiger partial charge in [-0.05, 0) is 44.5 Å². The Morgan fingerprint density at radius 2 is 2.04 bits per heavy atom. The second kappa shape index (κ2) is 8.06. The molecule has 3 rings (SSSR count). The number of carbonyl (C=O) groups excluding carboxylic acids is 1. The molecule has 1 amide bonds. The van der Waals surface area contributed by atoms with E-state index in [1.54, 1.807) is 26.0 Å². The molecule has 0 bridgehead atoms. The molecule has 2 aromatic rings. The van der Waals surface area contributed by atoms with Crippen LogP contribution in [-0.2, 0) is 4.79 Å². The van der Waals surface area contributed by atoms with Crippen molar-refractivity contribution in [2.75, 3.05) is 25.0 Å². The van der Waals surface area contributed by atoms with Crippen molar-refractivity contribution in [1.29, 1.82) is 0 Å². The van der Waals surface area contributed by atoms with E-state index in [0.717, 1.165) is 5.75 Å². The van der Waals surface area contributed by atoms with Crippen molar-refractivity contribution in [3.63, 3.8) is 0 Å². The monoisotopic (exact) mass is 372 g/mol. The fourth-order valence-electron chi connectivity index (χ4n) is 3.36. The SMILES string of the molecule is Cc1c(F)cccc1NC(=O)CN1CC[C@H](Oc2ccccc2)[C@@](C)(O)C1. The summed E-state index contributed by atoms with van der Waals surface area (Å²) in [5.74, 6) is 0.132. The van der Waals surface area contributed by atoms with Gasteiger partial charge in [0.2, 0.25) is 5.91 Å². The Hall–Kier alpha value is -2.44. The van der Waals surface area contributed by atoms with Crippen molar-refractivity contribution < 1.29 is 19.0 Å². The molecule has 6 heteroatoms. The van der Waals surface area contributed by atoms with E-state index >= 15 is 0 Å². The maximum absolute atomic E-state index is 13.6. The van der Waals surface area contributed by atoms with Crippen LogP contribution in [-0.4, -0.2) is 47.3 Å². The first-order valence-electron chi connectivity index (χ1n) is 9.06. The predicted molar refractivity (Wildman–Crippen MR) is 102 cm³/mol. The van der Waals surface area contributed by atoms with Gasteiger partial charge >= 0.3 is 0 Å². The van der Waals surface area contributed by atoms with Crippen LogP contribution in [0.25, 0.3) is 0 Å². The summed E-state index contributed by atoms with van der Waals surface area (Å²) in [7, 11) is 0. The van der Waals surface area contributed by atoms with Gasteiger partial charge in [0.1, 0.15) is 23.3 Å². The fraction of sp³-hybridized carbons (Fsp3) is 0.381. The van der Waals surface area contributed by atoms with Crippen molar-refractivity contribution >= 4 is 11.6 Å². The number of hydrogen-bond acceptors (Lipinski definition) is 4. The summed E-state index contributed by atoms with van der Waals surface area (Å²) in [6.45, 7) is 4.43. The minimum atomic E-state index is -1.08. The number of para-hydroxylation sites is 1. The summed E-state index contributed by atoms with van der Waals surface area (Å²) in [5.41, 5.74) is -0.203. The number of likely N-dealkylation sites (tertiary alicyclic amines) is 1. The Bertz CT molecular complexity index is 795. The second-order valence-corrected chi connectivity index (χ2v) is 7.24. The number of ether oxygens (including phenoxy) is 1. The van der Waals surface area contributed by atoms with Crippen molar-refractivity contribution in [2.45, 2.75) is 32.0 Å². The molecule has 2 atom stereocenters. The average molecular weight is 372 g/mol. The van der Waals surface area contributed by atoms with Crippen molar-refractivity contribution in [1.82, 2.24) is 4.90 Å². The van der Waals surface area contributed by atoms with Crippen LogP contribution < -0.4 is 10.1 Å². The molecular weight excluding hydrogens is 347 g/mol. The molecule has 144 valence electrons. The standard InChI is InChI=1S/C21H25FN2O3/c1-15-17(22)9-6-10-18(15)23-20(25)13-24-12-11-19(21(2,26)14-24)27-16-7-4-3-5-8-16/h3-10,19,26H,11-14H2,1-2H3,(H,23,25)/t19-,21-/m0/s1. The Kier molecular flexibility index (Phi) is 5.77. The molecule has 0 aromatic heterocycles. The number of anilines is 1. The average Bonchev–Trinajstić information content (AvgIpc) is 2.62. The number of rotatable bonds is 5. The van der Waals surface area contributed by atoms with Crippen LogP contribution in [0.3, 0.4) is 0 Å². The number of benzene rings is 2. The summed E-state index contributed by atoms with van der Waals surface area (Å²) in [4.78, 5) is 14.2. The number of aliphatic hydroxyl groups is 1. The van der Waals surface area contributed by atoms with Gasteiger partial charge in [-0.15, -0.1) is 0 Å². The van der Waals surface area contributed by atoms with E-state index < -0.39 is 5.60 Å². The highest BCUT2D eigenvalue weighted by Gasteiger charge is 2.40.